The van der Waals surface area contributed by atoms with E-state index in [9.17, 15) is 14.9 Å². The van der Waals surface area contributed by atoms with E-state index in [0.29, 0.717) is 18.1 Å². The number of nitrogens with zero attached hydrogens (tertiary/aromatic N) is 5. The Morgan fingerprint density at radius 2 is 2.20 bits per heavy atom. The maximum absolute atomic E-state index is 10.9. The zero-order valence-electron chi connectivity index (χ0n) is 10.8. The highest BCUT2D eigenvalue weighted by atomic mass is 16.6. The van der Waals surface area contributed by atoms with Crippen LogP contribution in [0.4, 0.5) is 5.69 Å². The van der Waals surface area contributed by atoms with Gasteiger partial charge in [-0.25, -0.2) is 19.4 Å². The number of carbonyl (C=O) groups is 1. The smallest absolute Gasteiger partial charge is 0.363 e. The molecular weight excluding hydrogens is 266 g/mol. The van der Waals surface area contributed by atoms with Gasteiger partial charge >= 0.3 is 11.7 Å². The van der Waals surface area contributed by atoms with Gasteiger partial charge in [0.1, 0.15) is 12.0 Å². The minimum atomic E-state index is -1.46. The van der Waals surface area contributed by atoms with Crippen LogP contribution in [0.2, 0.25) is 0 Å². The molecule has 104 valence electrons. The van der Waals surface area contributed by atoms with Crippen molar-refractivity contribution in [1.82, 2.24) is 19.7 Å². The topological polar surface area (TPSA) is 124 Å². The Bertz CT molecular complexity index is 663. The van der Waals surface area contributed by atoms with E-state index >= 15 is 0 Å². The van der Waals surface area contributed by atoms with Gasteiger partial charge in [0.2, 0.25) is 5.69 Å². The molecule has 0 aliphatic rings. The van der Waals surface area contributed by atoms with Crippen LogP contribution >= 0.6 is 0 Å². The average molecular weight is 277 g/mol. The van der Waals surface area contributed by atoms with Crippen LogP contribution in [-0.4, -0.2) is 35.7 Å². The van der Waals surface area contributed by atoms with Gasteiger partial charge in [0.15, 0.2) is 5.82 Å². The summed E-state index contributed by atoms with van der Waals surface area (Å²) in [6.07, 6.45) is 1.69. The lowest BCUT2D eigenvalue weighted by Crippen LogP contribution is -2.06. The number of aromatic nitrogens is 4. The van der Waals surface area contributed by atoms with Crippen LogP contribution < -0.4 is 0 Å². The molecule has 2 aromatic heterocycles. The number of aryl methyl sites for hydroxylation is 2. The van der Waals surface area contributed by atoms with E-state index in [2.05, 4.69) is 15.1 Å². The van der Waals surface area contributed by atoms with Gasteiger partial charge in [0.05, 0.1) is 4.92 Å². The van der Waals surface area contributed by atoms with Crippen LogP contribution in [0.25, 0.3) is 5.82 Å². The second-order valence-corrected chi connectivity index (χ2v) is 3.99. The quantitative estimate of drug-likeness (QED) is 0.656. The Balaban J connectivity index is 2.58. The molecule has 1 N–H and O–H groups in total. The second-order valence-electron chi connectivity index (χ2n) is 3.99. The fourth-order valence-corrected chi connectivity index (χ4v) is 1.68. The van der Waals surface area contributed by atoms with Gasteiger partial charge in [-0.2, -0.15) is 5.10 Å². The van der Waals surface area contributed by atoms with Gasteiger partial charge in [-0.15, -0.1) is 0 Å². The Hall–Kier alpha value is -2.84. The number of carboxylic acids is 1. The van der Waals surface area contributed by atoms with E-state index in [4.69, 9.17) is 5.11 Å². The van der Waals surface area contributed by atoms with E-state index in [0.717, 1.165) is 16.6 Å². The molecule has 0 aliphatic heterocycles. The molecule has 9 heteroatoms. The third kappa shape index (κ3) is 2.46. The summed E-state index contributed by atoms with van der Waals surface area (Å²) in [5.74, 6) is -0.684. The molecule has 0 saturated carbocycles. The summed E-state index contributed by atoms with van der Waals surface area (Å²) in [6.45, 7) is 3.58. The van der Waals surface area contributed by atoms with Crippen molar-refractivity contribution in [1.29, 1.82) is 0 Å². The molecule has 0 atom stereocenters. The number of carboxylic acid groups (broad SMARTS) is 1. The van der Waals surface area contributed by atoms with Crippen molar-refractivity contribution in [3.63, 3.8) is 0 Å². The first kappa shape index (κ1) is 13.6. The lowest BCUT2D eigenvalue weighted by molar-refractivity contribution is -0.385. The van der Waals surface area contributed by atoms with Crippen LogP contribution in [0.15, 0.2) is 12.3 Å². The Kier molecular flexibility index (Phi) is 3.42. The summed E-state index contributed by atoms with van der Waals surface area (Å²) >= 11 is 0. The van der Waals surface area contributed by atoms with Crippen molar-refractivity contribution >= 4 is 11.7 Å². The summed E-state index contributed by atoms with van der Waals surface area (Å²) < 4.78 is 1.08. The predicted molar refractivity (Wildman–Crippen MR) is 66.9 cm³/mol. The van der Waals surface area contributed by atoms with Crippen molar-refractivity contribution in [3.05, 3.63) is 39.6 Å². The molecule has 2 aromatic rings. The van der Waals surface area contributed by atoms with Gasteiger partial charge in [0.25, 0.3) is 0 Å². The third-order valence-corrected chi connectivity index (χ3v) is 2.57. The molecule has 0 radical (unpaired) electrons. The normalized spacial score (nSPS) is 10.5. The van der Waals surface area contributed by atoms with Crippen molar-refractivity contribution in [2.24, 2.45) is 0 Å². The SMILES string of the molecule is CCc1cc(-n2cc([N+](=O)[O-])c(C(=O)O)n2)nc(C)n1. The molecule has 0 amide bonds. The van der Waals surface area contributed by atoms with Crippen molar-refractivity contribution in [2.45, 2.75) is 20.3 Å². The first-order chi connectivity index (χ1) is 9.42. The Labute approximate surface area is 113 Å². The minimum Gasteiger partial charge on any atom is -0.476 e. The first-order valence-electron chi connectivity index (χ1n) is 5.74. The minimum absolute atomic E-state index is 0.296. The van der Waals surface area contributed by atoms with Gasteiger partial charge < -0.3 is 5.11 Å². The third-order valence-electron chi connectivity index (χ3n) is 2.57. The van der Waals surface area contributed by atoms with E-state index in [-0.39, 0.29) is 0 Å². The van der Waals surface area contributed by atoms with E-state index in [1.54, 1.807) is 13.0 Å². The Morgan fingerprint density at radius 3 is 2.70 bits per heavy atom. The molecule has 2 rings (SSSR count). The molecule has 0 spiro atoms. The van der Waals surface area contributed by atoms with Gasteiger partial charge in [-0.05, 0) is 13.3 Å². The molecule has 0 aromatic carbocycles. The lowest BCUT2D eigenvalue weighted by atomic mass is 10.3. The van der Waals surface area contributed by atoms with Gasteiger partial charge in [-0.1, -0.05) is 6.92 Å². The second kappa shape index (κ2) is 5.03. The maximum Gasteiger partial charge on any atom is 0.363 e. The summed E-state index contributed by atoms with van der Waals surface area (Å²) in [4.78, 5) is 29.2. The molecule has 0 bridgehead atoms. The molecule has 0 saturated heterocycles. The number of nitro groups is 1. The Morgan fingerprint density at radius 1 is 1.50 bits per heavy atom. The maximum atomic E-state index is 10.9. The lowest BCUT2D eigenvalue weighted by Gasteiger charge is -2.03. The molecule has 9 nitrogen and oxygen atoms in total. The van der Waals surface area contributed by atoms with Crippen LogP contribution in [0, 0.1) is 17.0 Å². The number of hydrogen-bond donors (Lipinski definition) is 1. The van der Waals surface area contributed by atoms with Crippen molar-refractivity contribution < 1.29 is 14.8 Å². The zero-order valence-corrected chi connectivity index (χ0v) is 10.8. The van der Waals surface area contributed by atoms with Crippen LogP contribution in [0.3, 0.4) is 0 Å². The summed E-state index contributed by atoms with van der Waals surface area (Å²) in [5, 5.41) is 23.4. The number of rotatable bonds is 4. The van der Waals surface area contributed by atoms with Crippen molar-refractivity contribution in [3.8, 4) is 5.82 Å². The summed E-state index contributed by atoms with van der Waals surface area (Å²) in [5.41, 5.74) is -0.460. The molecule has 2 heterocycles. The number of aromatic carboxylic acids is 1. The molecule has 0 unspecified atom stereocenters. The molecular formula is C11H11N5O4. The highest BCUT2D eigenvalue weighted by Crippen LogP contribution is 2.19. The van der Waals surface area contributed by atoms with E-state index in [1.807, 2.05) is 6.92 Å². The van der Waals surface area contributed by atoms with Crippen LogP contribution in [0.5, 0.6) is 0 Å². The highest BCUT2D eigenvalue weighted by Gasteiger charge is 2.26. The monoisotopic (exact) mass is 277 g/mol. The van der Waals surface area contributed by atoms with E-state index in [1.165, 1.54) is 0 Å². The standard InChI is InChI=1S/C11H11N5O4/c1-3-7-4-9(13-6(2)12-7)15-5-8(16(19)20)10(14-15)11(17)18/h4-5H,3H2,1-2H3,(H,17,18). The average Bonchev–Trinajstić information content (AvgIpc) is 2.83. The van der Waals surface area contributed by atoms with Crippen LogP contribution in [-0.2, 0) is 6.42 Å². The fourth-order valence-electron chi connectivity index (χ4n) is 1.68. The fraction of sp³-hybridized carbons (Fsp3) is 0.273. The largest absolute Gasteiger partial charge is 0.476 e. The summed E-state index contributed by atoms with van der Waals surface area (Å²) in [7, 11) is 0. The molecule has 0 fully saturated rings. The van der Waals surface area contributed by atoms with Gasteiger partial charge in [0, 0.05) is 11.8 Å². The van der Waals surface area contributed by atoms with Crippen LogP contribution in [0.1, 0.15) is 28.9 Å². The highest BCUT2D eigenvalue weighted by molar-refractivity contribution is 5.89. The van der Waals surface area contributed by atoms with Gasteiger partial charge in [-0.3, -0.25) is 10.1 Å². The number of hydrogen-bond acceptors (Lipinski definition) is 6. The summed E-state index contributed by atoms with van der Waals surface area (Å²) in [6, 6.07) is 1.61. The predicted octanol–water partition coefficient (Wildman–Crippen LogP) is 1.14. The first-order valence-corrected chi connectivity index (χ1v) is 5.74. The zero-order chi connectivity index (χ0) is 14.9. The molecule has 20 heavy (non-hydrogen) atoms. The van der Waals surface area contributed by atoms with Crippen molar-refractivity contribution in [2.75, 3.05) is 0 Å². The van der Waals surface area contributed by atoms with E-state index < -0.39 is 22.3 Å². The molecule has 0 aliphatic carbocycles.